The van der Waals surface area contributed by atoms with Gasteiger partial charge in [-0.1, -0.05) is 48.6 Å². The minimum Gasteiger partial charge on any atom is -0.296 e. The molecule has 0 aliphatic heterocycles. The zero-order valence-corrected chi connectivity index (χ0v) is 13.7. The van der Waals surface area contributed by atoms with Gasteiger partial charge in [-0.25, -0.2) is 0 Å². The number of benzene rings is 2. The van der Waals surface area contributed by atoms with E-state index in [1.807, 2.05) is 37.3 Å². The van der Waals surface area contributed by atoms with Crippen molar-refractivity contribution in [2.24, 2.45) is 0 Å². The first kappa shape index (κ1) is 14.7. The molecule has 0 atom stereocenters. The molecule has 0 saturated carbocycles. The molecule has 1 amide bonds. The maximum atomic E-state index is 12.5. The Kier molecular flexibility index (Phi) is 3.46. The van der Waals surface area contributed by atoms with E-state index in [0.29, 0.717) is 21.8 Å². The van der Waals surface area contributed by atoms with Crippen LogP contribution in [0.3, 0.4) is 0 Å². The normalized spacial score (nSPS) is 12.0. The second-order valence-corrected chi connectivity index (χ2v) is 6.51. The van der Waals surface area contributed by atoms with Crippen LogP contribution in [0.1, 0.15) is 38.2 Å². The highest BCUT2D eigenvalue weighted by Gasteiger charge is 2.27. The molecular weight excluding hydrogens is 322 g/mol. The third-order valence-electron chi connectivity index (χ3n) is 3.98. The van der Waals surface area contributed by atoms with Crippen LogP contribution in [0.25, 0.3) is 11.1 Å². The Morgan fingerprint density at radius 2 is 1.79 bits per heavy atom. The van der Waals surface area contributed by atoms with E-state index in [4.69, 9.17) is 0 Å². The molecule has 2 aromatic carbocycles. The summed E-state index contributed by atoms with van der Waals surface area (Å²) in [7, 11) is 0. The first-order valence-corrected chi connectivity index (χ1v) is 8.41. The lowest BCUT2D eigenvalue weighted by Gasteiger charge is -2.04. The second-order valence-electron chi connectivity index (χ2n) is 5.44. The van der Waals surface area contributed by atoms with Crippen LogP contribution < -0.4 is 5.32 Å². The number of rotatable bonds is 3. The standard InChI is InChI=1S/C18H13N3O2S/c1-2-15-20-21-18(24-15)19-17(23)10-7-8-12-11-5-3-4-6-13(11)16(22)14(12)9-10/h3-9H,2H2,1H3,(H,19,21,23). The van der Waals surface area contributed by atoms with Gasteiger partial charge in [-0.2, -0.15) is 0 Å². The number of amides is 1. The van der Waals surface area contributed by atoms with Crippen molar-refractivity contribution < 1.29 is 9.59 Å². The van der Waals surface area contributed by atoms with Crippen LogP contribution >= 0.6 is 11.3 Å². The summed E-state index contributed by atoms with van der Waals surface area (Å²) in [5.41, 5.74) is 3.47. The van der Waals surface area contributed by atoms with Crippen molar-refractivity contribution in [2.75, 3.05) is 5.32 Å². The van der Waals surface area contributed by atoms with Crippen LogP contribution in [0, 0.1) is 0 Å². The highest BCUT2D eigenvalue weighted by atomic mass is 32.1. The highest BCUT2D eigenvalue weighted by Crippen LogP contribution is 2.36. The number of ketones is 1. The maximum absolute atomic E-state index is 12.5. The number of carbonyl (C=O) groups excluding carboxylic acids is 2. The van der Waals surface area contributed by atoms with E-state index in [1.54, 1.807) is 12.1 Å². The minimum absolute atomic E-state index is 0.0422. The average molecular weight is 335 g/mol. The summed E-state index contributed by atoms with van der Waals surface area (Å²) in [5, 5.41) is 12.0. The molecule has 118 valence electrons. The van der Waals surface area contributed by atoms with Crippen molar-refractivity contribution >= 4 is 28.2 Å². The number of aromatic nitrogens is 2. The predicted octanol–water partition coefficient (Wildman–Crippen LogP) is 3.56. The van der Waals surface area contributed by atoms with Gasteiger partial charge >= 0.3 is 0 Å². The quantitative estimate of drug-likeness (QED) is 0.621. The summed E-state index contributed by atoms with van der Waals surface area (Å²) < 4.78 is 0. The lowest BCUT2D eigenvalue weighted by Crippen LogP contribution is -2.12. The Morgan fingerprint density at radius 1 is 1.04 bits per heavy atom. The molecule has 3 aromatic rings. The van der Waals surface area contributed by atoms with E-state index in [9.17, 15) is 9.59 Å². The van der Waals surface area contributed by atoms with E-state index in [0.717, 1.165) is 22.6 Å². The molecule has 1 aliphatic carbocycles. The number of fused-ring (bicyclic) bond motifs is 3. The van der Waals surface area contributed by atoms with Gasteiger partial charge in [-0.3, -0.25) is 14.9 Å². The minimum atomic E-state index is -0.291. The highest BCUT2D eigenvalue weighted by molar-refractivity contribution is 7.15. The Bertz CT molecular complexity index is 978. The van der Waals surface area contributed by atoms with E-state index in [-0.39, 0.29) is 11.7 Å². The summed E-state index contributed by atoms with van der Waals surface area (Å²) >= 11 is 1.35. The molecule has 24 heavy (non-hydrogen) atoms. The molecule has 0 unspecified atom stereocenters. The Morgan fingerprint density at radius 3 is 2.54 bits per heavy atom. The Hall–Kier alpha value is -2.86. The third kappa shape index (κ3) is 2.32. The van der Waals surface area contributed by atoms with Crippen molar-refractivity contribution in [3.8, 4) is 11.1 Å². The number of anilines is 1. The zero-order valence-electron chi connectivity index (χ0n) is 12.9. The van der Waals surface area contributed by atoms with Gasteiger partial charge in [0.25, 0.3) is 5.91 Å². The smallest absolute Gasteiger partial charge is 0.257 e. The van der Waals surface area contributed by atoms with Crippen molar-refractivity contribution in [3.63, 3.8) is 0 Å². The van der Waals surface area contributed by atoms with Crippen LogP contribution in [0.4, 0.5) is 5.13 Å². The third-order valence-corrected chi connectivity index (χ3v) is 4.96. The topological polar surface area (TPSA) is 72.0 Å². The summed E-state index contributed by atoms with van der Waals surface area (Å²) in [5.74, 6) is -0.334. The summed E-state index contributed by atoms with van der Waals surface area (Å²) in [6.07, 6.45) is 0.777. The first-order chi connectivity index (χ1) is 11.7. The summed E-state index contributed by atoms with van der Waals surface area (Å²) in [6, 6.07) is 12.7. The molecule has 0 spiro atoms. The van der Waals surface area contributed by atoms with Gasteiger partial charge in [-0.15, -0.1) is 10.2 Å². The van der Waals surface area contributed by atoms with Gasteiger partial charge in [0.05, 0.1) is 0 Å². The van der Waals surface area contributed by atoms with E-state index >= 15 is 0 Å². The van der Waals surface area contributed by atoms with Crippen LogP contribution in [0.2, 0.25) is 0 Å². The second kappa shape index (κ2) is 5.65. The molecule has 0 radical (unpaired) electrons. The number of aryl methyl sites for hydroxylation is 1. The van der Waals surface area contributed by atoms with Gasteiger partial charge in [0.15, 0.2) is 5.78 Å². The van der Waals surface area contributed by atoms with Gasteiger partial charge in [0.2, 0.25) is 5.13 Å². The summed E-state index contributed by atoms with van der Waals surface area (Å²) in [6.45, 7) is 1.98. The Balaban J connectivity index is 1.64. The molecule has 0 saturated heterocycles. The van der Waals surface area contributed by atoms with Gasteiger partial charge in [0.1, 0.15) is 5.01 Å². The first-order valence-electron chi connectivity index (χ1n) is 7.59. The maximum Gasteiger partial charge on any atom is 0.257 e. The molecule has 1 aliphatic rings. The fraction of sp³-hybridized carbons (Fsp3) is 0.111. The van der Waals surface area contributed by atoms with E-state index < -0.39 is 0 Å². The molecule has 1 N–H and O–H groups in total. The monoisotopic (exact) mass is 335 g/mol. The lowest BCUT2D eigenvalue weighted by molar-refractivity contribution is 0.102. The summed E-state index contributed by atoms with van der Waals surface area (Å²) in [4.78, 5) is 24.9. The van der Waals surface area contributed by atoms with Crippen molar-refractivity contribution in [1.82, 2.24) is 10.2 Å². The number of carbonyl (C=O) groups is 2. The molecule has 0 bridgehead atoms. The fourth-order valence-electron chi connectivity index (χ4n) is 2.79. The number of nitrogens with one attached hydrogen (secondary N) is 1. The van der Waals surface area contributed by atoms with Gasteiger partial charge in [-0.05, 0) is 29.7 Å². The van der Waals surface area contributed by atoms with Crippen molar-refractivity contribution in [3.05, 3.63) is 64.2 Å². The SMILES string of the molecule is CCc1nnc(NC(=O)c2ccc3c(c2)C(=O)c2ccccc2-3)s1. The largest absolute Gasteiger partial charge is 0.296 e. The van der Waals surface area contributed by atoms with Crippen molar-refractivity contribution in [1.29, 1.82) is 0 Å². The molecule has 5 nitrogen and oxygen atoms in total. The number of nitrogens with zero attached hydrogens (tertiary/aromatic N) is 2. The van der Waals surface area contributed by atoms with Crippen LogP contribution in [-0.2, 0) is 6.42 Å². The number of hydrogen-bond donors (Lipinski definition) is 1. The van der Waals surface area contributed by atoms with Crippen molar-refractivity contribution in [2.45, 2.75) is 13.3 Å². The zero-order chi connectivity index (χ0) is 16.7. The molecular formula is C18H13N3O2S. The molecule has 1 aromatic heterocycles. The van der Waals surface area contributed by atoms with Crippen LogP contribution in [0.5, 0.6) is 0 Å². The lowest BCUT2D eigenvalue weighted by atomic mass is 10.0. The van der Waals surface area contributed by atoms with Crippen LogP contribution in [-0.4, -0.2) is 21.9 Å². The van der Waals surface area contributed by atoms with Gasteiger partial charge in [0, 0.05) is 16.7 Å². The van der Waals surface area contributed by atoms with E-state index in [2.05, 4.69) is 15.5 Å². The van der Waals surface area contributed by atoms with E-state index in [1.165, 1.54) is 11.3 Å². The fourth-order valence-corrected chi connectivity index (χ4v) is 3.46. The average Bonchev–Trinajstić information content (AvgIpc) is 3.18. The molecule has 6 heteroatoms. The molecule has 0 fully saturated rings. The Labute approximate surface area is 142 Å². The molecule has 1 heterocycles. The van der Waals surface area contributed by atoms with Crippen LogP contribution in [0.15, 0.2) is 42.5 Å². The van der Waals surface area contributed by atoms with Gasteiger partial charge < -0.3 is 0 Å². The molecule has 4 rings (SSSR count). The number of hydrogen-bond acceptors (Lipinski definition) is 5. The predicted molar refractivity (Wildman–Crippen MR) is 92.6 cm³/mol.